The summed E-state index contributed by atoms with van der Waals surface area (Å²) in [6.07, 6.45) is -1.64. The van der Waals surface area contributed by atoms with E-state index in [0.717, 1.165) is 30.3 Å². The lowest BCUT2D eigenvalue weighted by Crippen LogP contribution is -2.13. The molecule has 0 radical (unpaired) electrons. The molecule has 2 nitrogen and oxygen atoms in total. The van der Waals surface area contributed by atoms with Gasteiger partial charge < -0.3 is 9.84 Å². The first-order valence-corrected chi connectivity index (χ1v) is 5.69. The molecule has 0 aliphatic rings. The molecule has 0 aliphatic carbocycles. The molecule has 1 N–H and O–H groups in total. The van der Waals surface area contributed by atoms with Crippen LogP contribution in [0.15, 0.2) is 36.4 Å². The van der Waals surface area contributed by atoms with Crippen LogP contribution in [0.5, 0.6) is 5.75 Å². The lowest BCUT2D eigenvalue weighted by Gasteiger charge is -2.14. The predicted molar refractivity (Wildman–Crippen MR) is 63.2 cm³/mol. The number of ether oxygens (including phenoxy) is 1. The number of rotatable bonds is 4. The maximum Gasteiger partial charge on any atom is 0.200 e. The van der Waals surface area contributed by atoms with E-state index >= 15 is 0 Å². The highest BCUT2D eigenvalue weighted by atomic mass is 19.2. The second-order valence-corrected chi connectivity index (χ2v) is 4.01. The van der Waals surface area contributed by atoms with Crippen LogP contribution in [-0.4, -0.2) is 11.7 Å². The van der Waals surface area contributed by atoms with Gasteiger partial charge in [0.05, 0.1) is 5.56 Å². The average Bonchev–Trinajstić information content (AvgIpc) is 2.40. The van der Waals surface area contributed by atoms with Crippen LogP contribution >= 0.6 is 0 Å². The standard InChI is InChI=1S/C14H10F4O2/c15-8-3-1-4-9(16)13(8)11(19)7-20-12-6-2-5-10(17)14(12)18/h1-6,11,19H,7H2. The van der Waals surface area contributed by atoms with E-state index in [2.05, 4.69) is 0 Å². The molecule has 0 saturated heterocycles. The van der Waals surface area contributed by atoms with Crippen molar-refractivity contribution in [2.24, 2.45) is 0 Å². The van der Waals surface area contributed by atoms with Gasteiger partial charge in [-0.2, -0.15) is 4.39 Å². The van der Waals surface area contributed by atoms with Crippen molar-refractivity contribution in [1.82, 2.24) is 0 Å². The van der Waals surface area contributed by atoms with Gasteiger partial charge in [0, 0.05) is 0 Å². The van der Waals surface area contributed by atoms with Crippen molar-refractivity contribution in [3.05, 3.63) is 65.2 Å². The molecule has 6 heteroatoms. The van der Waals surface area contributed by atoms with E-state index in [4.69, 9.17) is 4.74 Å². The predicted octanol–water partition coefficient (Wildman–Crippen LogP) is 3.36. The highest BCUT2D eigenvalue weighted by Gasteiger charge is 2.19. The fraction of sp³-hybridized carbons (Fsp3) is 0.143. The Morgan fingerprint density at radius 3 is 2.10 bits per heavy atom. The van der Waals surface area contributed by atoms with E-state index in [1.165, 1.54) is 6.07 Å². The third-order valence-electron chi connectivity index (χ3n) is 2.65. The van der Waals surface area contributed by atoms with Crippen molar-refractivity contribution in [2.75, 3.05) is 6.61 Å². The molecule has 2 aromatic carbocycles. The van der Waals surface area contributed by atoms with Crippen molar-refractivity contribution >= 4 is 0 Å². The summed E-state index contributed by atoms with van der Waals surface area (Å²) in [4.78, 5) is 0. The molecule has 0 spiro atoms. The lowest BCUT2D eigenvalue weighted by atomic mass is 10.1. The molecule has 20 heavy (non-hydrogen) atoms. The molecule has 0 aromatic heterocycles. The van der Waals surface area contributed by atoms with E-state index < -0.39 is 47.3 Å². The summed E-state index contributed by atoms with van der Waals surface area (Å²) in [5, 5.41) is 9.68. The fourth-order valence-corrected chi connectivity index (χ4v) is 1.68. The van der Waals surface area contributed by atoms with E-state index in [-0.39, 0.29) is 0 Å². The third kappa shape index (κ3) is 2.91. The minimum atomic E-state index is -1.64. The van der Waals surface area contributed by atoms with E-state index in [9.17, 15) is 22.7 Å². The molecular formula is C14H10F4O2. The van der Waals surface area contributed by atoms with Gasteiger partial charge in [0.25, 0.3) is 0 Å². The Hall–Kier alpha value is -2.08. The van der Waals surface area contributed by atoms with Crippen molar-refractivity contribution < 1.29 is 27.4 Å². The molecule has 0 fully saturated rings. The number of hydrogen-bond donors (Lipinski definition) is 1. The minimum Gasteiger partial charge on any atom is -0.487 e. The van der Waals surface area contributed by atoms with Gasteiger partial charge in [-0.25, -0.2) is 13.2 Å². The summed E-state index contributed by atoms with van der Waals surface area (Å²) in [5.74, 6) is -4.68. The third-order valence-corrected chi connectivity index (χ3v) is 2.65. The lowest BCUT2D eigenvalue weighted by molar-refractivity contribution is 0.0987. The first kappa shape index (κ1) is 14.3. The maximum atomic E-state index is 13.4. The van der Waals surface area contributed by atoms with Crippen LogP contribution in [0.25, 0.3) is 0 Å². The zero-order valence-electron chi connectivity index (χ0n) is 10.1. The zero-order valence-corrected chi connectivity index (χ0v) is 10.1. The second kappa shape index (κ2) is 5.92. The minimum absolute atomic E-state index is 0.444. The Bertz CT molecular complexity index is 596. The van der Waals surface area contributed by atoms with Gasteiger partial charge in [-0.3, -0.25) is 0 Å². The molecular weight excluding hydrogens is 276 g/mol. The van der Waals surface area contributed by atoms with Gasteiger partial charge in [0.1, 0.15) is 24.3 Å². The van der Waals surface area contributed by atoms with Crippen molar-refractivity contribution in [3.63, 3.8) is 0 Å². The van der Waals surface area contributed by atoms with Crippen LogP contribution in [0.2, 0.25) is 0 Å². The monoisotopic (exact) mass is 286 g/mol. The van der Waals surface area contributed by atoms with Crippen molar-refractivity contribution in [3.8, 4) is 5.75 Å². The Labute approximate surface area is 112 Å². The SMILES string of the molecule is OC(COc1cccc(F)c1F)c1c(F)cccc1F. The summed E-state index contributed by atoms with van der Waals surface area (Å²) in [5.41, 5.74) is -0.579. The molecule has 0 bridgehead atoms. The molecule has 0 heterocycles. The summed E-state index contributed by atoms with van der Waals surface area (Å²) >= 11 is 0. The first-order chi connectivity index (χ1) is 9.50. The van der Waals surface area contributed by atoms with E-state index in [0.29, 0.717) is 0 Å². The van der Waals surface area contributed by atoms with Crippen LogP contribution < -0.4 is 4.74 Å². The molecule has 1 unspecified atom stereocenters. The summed E-state index contributed by atoms with van der Waals surface area (Å²) in [6, 6.07) is 6.35. The summed E-state index contributed by atoms with van der Waals surface area (Å²) in [7, 11) is 0. The first-order valence-electron chi connectivity index (χ1n) is 5.69. The van der Waals surface area contributed by atoms with Crippen LogP contribution in [0.1, 0.15) is 11.7 Å². The Kier molecular flexibility index (Phi) is 4.24. The molecule has 0 saturated carbocycles. The average molecular weight is 286 g/mol. The Morgan fingerprint density at radius 1 is 0.900 bits per heavy atom. The normalized spacial score (nSPS) is 12.2. The summed E-state index contributed by atoms with van der Waals surface area (Å²) in [6.45, 7) is -0.613. The van der Waals surface area contributed by atoms with Gasteiger partial charge in [-0.1, -0.05) is 12.1 Å². The topological polar surface area (TPSA) is 29.5 Å². The number of hydrogen-bond acceptors (Lipinski definition) is 2. The second-order valence-electron chi connectivity index (χ2n) is 4.01. The molecule has 0 amide bonds. The quantitative estimate of drug-likeness (QED) is 0.873. The molecule has 1 atom stereocenters. The number of aliphatic hydroxyl groups excluding tert-OH is 1. The van der Waals surface area contributed by atoms with E-state index in [1.54, 1.807) is 0 Å². The molecule has 2 aromatic rings. The van der Waals surface area contributed by atoms with Crippen LogP contribution in [0.3, 0.4) is 0 Å². The largest absolute Gasteiger partial charge is 0.487 e. The zero-order chi connectivity index (χ0) is 14.7. The Balaban J connectivity index is 2.13. The van der Waals surface area contributed by atoms with Gasteiger partial charge in [-0.05, 0) is 24.3 Å². The Morgan fingerprint density at radius 2 is 1.45 bits per heavy atom. The van der Waals surface area contributed by atoms with Gasteiger partial charge >= 0.3 is 0 Å². The van der Waals surface area contributed by atoms with E-state index in [1.807, 2.05) is 0 Å². The van der Waals surface area contributed by atoms with Gasteiger partial charge in [-0.15, -0.1) is 0 Å². The summed E-state index contributed by atoms with van der Waals surface area (Å²) < 4.78 is 57.8. The maximum absolute atomic E-state index is 13.4. The fourth-order valence-electron chi connectivity index (χ4n) is 1.68. The van der Waals surface area contributed by atoms with Gasteiger partial charge in [0.2, 0.25) is 5.82 Å². The highest BCUT2D eigenvalue weighted by Crippen LogP contribution is 2.24. The van der Waals surface area contributed by atoms with Crippen LogP contribution in [0, 0.1) is 23.3 Å². The number of benzene rings is 2. The molecule has 106 valence electrons. The molecule has 0 aliphatic heterocycles. The van der Waals surface area contributed by atoms with Gasteiger partial charge in [0.15, 0.2) is 11.6 Å². The number of aliphatic hydroxyl groups is 1. The van der Waals surface area contributed by atoms with Crippen molar-refractivity contribution in [2.45, 2.75) is 6.10 Å². The van der Waals surface area contributed by atoms with Crippen molar-refractivity contribution in [1.29, 1.82) is 0 Å². The smallest absolute Gasteiger partial charge is 0.200 e. The highest BCUT2D eigenvalue weighted by molar-refractivity contribution is 5.26. The molecule has 2 rings (SSSR count). The van der Waals surface area contributed by atoms with Crippen LogP contribution in [0.4, 0.5) is 17.6 Å². The van der Waals surface area contributed by atoms with Crippen LogP contribution in [-0.2, 0) is 0 Å². The number of halogens is 4.